The first-order valence-electron chi connectivity index (χ1n) is 7.60. The molecule has 0 radical (unpaired) electrons. The molecule has 6 heteroatoms. The highest BCUT2D eigenvalue weighted by molar-refractivity contribution is 6.00. The summed E-state index contributed by atoms with van der Waals surface area (Å²) in [6, 6.07) is 1.82. The van der Waals surface area contributed by atoms with Gasteiger partial charge in [0.1, 0.15) is 12.0 Å². The summed E-state index contributed by atoms with van der Waals surface area (Å²) in [5, 5.41) is 3.73. The molecule has 5 rings (SSSR count). The summed E-state index contributed by atoms with van der Waals surface area (Å²) in [7, 11) is 0. The predicted octanol–water partition coefficient (Wildman–Crippen LogP) is 1.46. The van der Waals surface area contributed by atoms with Gasteiger partial charge in [-0.05, 0) is 37.9 Å². The second kappa shape index (κ2) is 5.21. The Morgan fingerprint density at radius 3 is 2.91 bits per heavy atom. The van der Waals surface area contributed by atoms with Crippen molar-refractivity contribution < 1.29 is 14.0 Å². The van der Waals surface area contributed by atoms with Crippen LogP contribution >= 0.6 is 0 Å². The molecule has 1 unspecified atom stereocenters. The Kier molecular flexibility index (Phi) is 3.18. The van der Waals surface area contributed by atoms with Crippen molar-refractivity contribution in [2.45, 2.75) is 18.9 Å². The molecule has 2 aromatic heterocycles. The smallest absolute Gasteiger partial charge is 0.270 e. The van der Waals surface area contributed by atoms with Crippen LogP contribution in [-0.2, 0) is 0 Å². The number of rotatable bonds is 3. The number of amides is 1. The van der Waals surface area contributed by atoms with Crippen molar-refractivity contribution in [3.05, 3.63) is 29.8 Å². The fourth-order valence-electron chi connectivity index (χ4n) is 3.54. The zero-order valence-electron chi connectivity index (χ0n) is 12.1. The maximum atomic E-state index is 12.4. The number of nitrogens with one attached hydrogen (secondary N) is 1. The van der Waals surface area contributed by atoms with Gasteiger partial charge in [0.15, 0.2) is 11.9 Å². The van der Waals surface area contributed by atoms with Crippen LogP contribution in [-0.4, -0.2) is 47.8 Å². The molecule has 5 heterocycles. The molecule has 3 aliphatic rings. The normalized spacial score (nSPS) is 27.0. The minimum atomic E-state index is -0.182. The Morgan fingerprint density at radius 2 is 2.23 bits per heavy atom. The third kappa shape index (κ3) is 2.20. The Hall–Kier alpha value is -2.21. The largest absolute Gasteiger partial charge is 0.462 e. The zero-order chi connectivity index (χ0) is 15.1. The summed E-state index contributed by atoms with van der Waals surface area (Å²) in [5.74, 6) is 0.385. The van der Waals surface area contributed by atoms with E-state index in [1.807, 2.05) is 0 Å². The van der Waals surface area contributed by atoms with Gasteiger partial charge in [-0.25, -0.2) is 4.98 Å². The summed E-state index contributed by atoms with van der Waals surface area (Å²) in [6.45, 7) is 3.20. The number of piperidine rings is 3. The van der Waals surface area contributed by atoms with Gasteiger partial charge in [-0.2, -0.15) is 0 Å². The molecule has 2 aromatic rings. The van der Waals surface area contributed by atoms with Crippen LogP contribution in [0.5, 0.6) is 0 Å². The van der Waals surface area contributed by atoms with Crippen molar-refractivity contribution in [1.29, 1.82) is 0 Å². The Morgan fingerprint density at radius 1 is 1.41 bits per heavy atom. The van der Waals surface area contributed by atoms with E-state index >= 15 is 0 Å². The quantitative estimate of drug-likeness (QED) is 0.869. The molecule has 3 saturated heterocycles. The number of nitrogens with zero attached hydrogens (tertiary/aromatic N) is 2. The summed E-state index contributed by atoms with van der Waals surface area (Å²) in [6.07, 6.45) is 5.89. The highest BCUT2D eigenvalue weighted by Gasteiger charge is 2.35. The lowest BCUT2D eigenvalue weighted by Gasteiger charge is -2.44. The number of carbonyl (C=O) groups excluding carboxylic acids is 2. The van der Waals surface area contributed by atoms with Gasteiger partial charge >= 0.3 is 0 Å². The standard InChI is InChI=1S/C16H17N3O3/c20-8-11-9-22-15-6-17-13(5-12(11)15)16(21)18-14-7-19-3-1-10(14)2-4-19/h5-6,8-10,14H,1-4,7H2,(H,18,21). The van der Waals surface area contributed by atoms with E-state index < -0.39 is 0 Å². The predicted molar refractivity (Wildman–Crippen MR) is 79.8 cm³/mol. The fourth-order valence-corrected chi connectivity index (χ4v) is 3.54. The minimum Gasteiger partial charge on any atom is -0.462 e. The molecule has 1 N–H and O–H groups in total. The van der Waals surface area contributed by atoms with Gasteiger partial charge < -0.3 is 14.6 Å². The van der Waals surface area contributed by atoms with Crippen LogP contribution in [0, 0.1) is 5.92 Å². The van der Waals surface area contributed by atoms with Crippen LogP contribution in [0.25, 0.3) is 11.0 Å². The summed E-state index contributed by atoms with van der Waals surface area (Å²) >= 11 is 0. The van der Waals surface area contributed by atoms with Crippen LogP contribution in [0.3, 0.4) is 0 Å². The monoisotopic (exact) mass is 299 g/mol. The van der Waals surface area contributed by atoms with E-state index in [0.29, 0.717) is 28.1 Å². The highest BCUT2D eigenvalue weighted by Crippen LogP contribution is 2.27. The molecule has 3 fully saturated rings. The number of furan rings is 1. The molecule has 0 aromatic carbocycles. The van der Waals surface area contributed by atoms with Crippen molar-refractivity contribution in [2.24, 2.45) is 5.92 Å². The first kappa shape index (κ1) is 13.5. The summed E-state index contributed by atoms with van der Waals surface area (Å²) in [4.78, 5) is 30.0. The first-order valence-corrected chi connectivity index (χ1v) is 7.60. The van der Waals surface area contributed by atoms with Crippen molar-refractivity contribution in [1.82, 2.24) is 15.2 Å². The number of carbonyl (C=O) groups is 2. The van der Waals surface area contributed by atoms with Gasteiger partial charge in [-0.1, -0.05) is 0 Å². The van der Waals surface area contributed by atoms with Crippen LogP contribution in [0.15, 0.2) is 22.9 Å². The van der Waals surface area contributed by atoms with Crippen molar-refractivity contribution in [3.63, 3.8) is 0 Å². The van der Waals surface area contributed by atoms with E-state index in [4.69, 9.17) is 4.42 Å². The average Bonchev–Trinajstić information content (AvgIpc) is 2.98. The van der Waals surface area contributed by atoms with E-state index in [9.17, 15) is 9.59 Å². The Balaban J connectivity index is 1.56. The molecule has 22 heavy (non-hydrogen) atoms. The lowest BCUT2D eigenvalue weighted by molar-refractivity contribution is 0.0618. The van der Waals surface area contributed by atoms with Crippen LogP contribution < -0.4 is 5.32 Å². The van der Waals surface area contributed by atoms with E-state index in [1.165, 1.54) is 12.5 Å². The van der Waals surface area contributed by atoms with Gasteiger partial charge in [-0.15, -0.1) is 0 Å². The van der Waals surface area contributed by atoms with Crippen molar-refractivity contribution in [2.75, 3.05) is 19.6 Å². The number of pyridine rings is 1. The third-order valence-corrected chi connectivity index (χ3v) is 4.82. The Bertz CT molecular complexity index is 731. The maximum absolute atomic E-state index is 12.4. The van der Waals surface area contributed by atoms with Gasteiger partial charge in [0.05, 0.1) is 11.8 Å². The maximum Gasteiger partial charge on any atom is 0.270 e. The highest BCUT2D eigenvalue weighted by atomic mass is 16.3. The number of fused-ring (bicyclic) bond motifs is 4. The summed E-state index contributed by atoms with van der Waals surface area (Å²) < 4.78 is 5.23. The molecule has 3 aliphatic heterocycles. The lowest BCUT2D eigenvalue weighted by Crippen LogP contribution is -2.57. The van der Waals surface area contributed by atoms with E-state index in [2.05, 4.69) is 15.2 Å². The molecule has 0 spiro atoms. The molecular weight excluding hydrogens is 282 g/mol. The molecule has 0 saturated carbocycles. The number of aromatic nitrogens is 1. The Labute approximate surface area is 127 Å². The molecule has 0 aliphatic carbocycles. The topological polar surface area (TPSA) is 75.4 Å². The molecule has 1 amide bonds. The number of hydrogen-bond donors (Lipinski definition) is 1. The fraction of sp³-hybridized carbons (Fsp3) is 0.438. The SMILES string of the molecule is O=Cc1coc2cnc(C(=O)NC3CN4CCC3CC4)cc12. The second-order valence-corrected chi connectivity index (χ2v) is 6.09. The van der Waals surface area contributed by atoms with E-state index in [0.717, 1.165) is 38.8 Å². The molecule has 1 atom stereocenters. The number of aldehydes is 1. The average molecular weight is 299 g/mol. The van der Waals surface area contributed by atoms with Crippen molar-refractivity contribution in [3.8, 4) is 0 Å². The van der Waals surface area contributed by atoms with Gasteiger partial charge in [0.25, 0.3) is 5.91 Å². The summed E-state index contributed by atoms with van der Waals surface area (Å²) in [5.41, 5.74) is 1.28. The molecular formula is C16H17N3O3. The number of hydrogen-bond acceptors (Lipinski definition) is 5. The lowest BCUT2D eigenvalue weighted by atomic mass is 9.84. The molecule has 114 valence electrons. The van der Waals surface area contributed by atoms with Crippen molar-refractivity contribution >= 4 is 23.2 Å². The molecule has 2 bridgehead atoms. The van der Waals surface area contributed by atoms with E-state index in [1.54, 1.807) is 6.07 Å². The zero-order valence-corrected chi connectivity index (χ0v) is 12.1. The minimum absolute atomic E-state index is 0.182. The van der Waals surface area contributed by atoms with Crippen LogP contribution in [0.1, 0.15) is 33.7 Å². The van der Waals surface area contributed by atoms with Crippen LogP contribution in [0.2, 0.25) is 0 Å². The first-order chi connectivity index (χ1) is 10.7. The van der Waals surface area contributed by atoms with E-state index in [-0.39, 0.29) is 11.9 Å². The van der Waals surface area contributed by atoms with Gasteiger partial charge in [0.2, 0.25) is 0 Å². The molecule has 6 nitrogen and oxygen atoms in total. The van der Waals surface area contributed by atoms with Crippen LogP contribution in [0.4, 0.5) is 0 Å². The van der Waals surface area contributed by atoms with Gasteiger partial charge in [0, 0.05) is 18.0 Å². The van der Waals surface area contributed by atoms with Gasteiger partial charge in [-0.3, -0.25) is 9.59 Å². The third-order valence-electron chi connectivity index (χ3n) is 4.82. The second-order valence-electron chi connectivity index (χ2n) is 6.09.